The molecule has 6 nitrogen and oxygen atoms in total. The maximum Gasteiger partial charge on any atom is 0.322 e. The van der Waals surface area contributed by atoms with E-state index in [1.165, 1.54) is 11.3 Å². The first-order valence-corrected chi connectivity index (χ1v) is 8.34. The predicted octanol–water partition coefficient (Wildman–Crippen LogP) is 3.69. The number of carbonyl (C=O) groups excluding carboxylic acids is 1. The van der Waals surface area contributed by atoms with Gasteiger partial charge >= 0.3 is 6.01 Å². The summed E-state index contributed by atoms with van der Waals surface area (Å²) in [4.78, 5) is 12.9. The summed E-state index contributed by atoms with van der Waals surface area (Å²) in [6.45, 7) is 2.00. The molecule has 7 heteroatoms. The van der Waals surface area contributed by atoms with Gasteiger partial charge in [0.25, 0.3) is 5.89 Å². The number of aromatic nitrogens is 2. The van der Waals surface area contributed by atoms with E-state index in [2.05, 4.69) is 15.5 Å². The van der Waals surface area contributed by atoms with Gasteiger partial charge in [-0.1, -0.05) is 17.2 Å². The summed E-state index contributed by atoms with van der Waals surface area (Å²) in [5.41, 5.74) is 2.20. The molecule has 0 bridgehead atoms. The first-order valence-electron chi connectivity index (χ1n) is 7.46. The third kappa shape index (κ3) is 3.99. The van der Waals surface area contributed by atoms with Gasteiger partial charge in [-0.05, 0) is 48.1 Å². The molecule has 0 saturated heterocycles. The highest BCUT2D eigenvalue weighted by Crippen LogP contribution is 2.26. The van der Waals surface area contributed by atoms with Crippen molar-refractivity contribution in [3.8, 4) is 16.5 Å². The van der Waals surface area contributed by atoms with Crippen LogP contribution in [0.5, 0.6) is 5.75 Å². The van der Waals surface area contributed by atoms with Crippen molar-refractivity contribution in [2.75, 3.05) is 12.4 Å². The van der Waals surface area contributed by atoms with Crippen molar-refractivity contribution in [2.45, 2.75) is 19.8 Å². The van der Waals surface area contributed by atoms with Crippen LogP contribution in [0.4, 0.5) is 6.01 Å². The molecular weight excluding hydrogens is 326 g/mol. The molecule has 0 aliphatic rings. The number of anilines is 1. The molecule has 0 saturated carbocycles. The van der Waals surface area contributed by atoms with E-state index < -0.39 is 0 Å². The number of hydrogen-bond acceptors (Lipinski definition) is 6. The molecule has 2 heterocycles. The zero-order valence-corrected chi connectivity index (χ0v) is 14.2. The van der Waals surface area contributed by atoms with Gasteiger partial charge in [-0.2, -0.15) is 0 Å². The predicted molar refractivity (Wildman–Crippen MR) is 92.3 cm³/mol. The summed E-state index contributed by atoms with van der Waals surface area (Å²) in [6.07, 6.45) is 0.961. The van der Waals surface area contributed by atoms with Crippen LogP contribution >= 0.6 is 11.3 Å². The Morgan fingerprint density at radius 2 is 2.08 bits per heavy atom. The fourth-order valence-corrected chi connectivity index (χ4v) is 2.97. The van der Waals surface area contributed by atoms with Crippen LogP contribution in [0.3, 0.4) is 0 Å². The molecule has 0 atom stereocenters. The molecule has 0 aliphatic carbocycles. The summed E-state index contributed by atoms with van der Waals surface area (Å²) in [5, 5.41) is 12.5. The van der Waals surface area contributed by atoms with Gasteiger partial charge < -0.3 is 9.15 Å². The number of ether oxygens (including phenoxy) is 1. The van der Waals surface area contributed by atoms with Crippen molar-refractivity contribution >= 4 is 23.3 Å². The van der Waals surface area contributed by atoms with Crippen molar-refractivity contribution in [2.24, 2.45) is 0 Å². The van der Waals surface area contributed by atoms with E-state index in [1.807, 2.05) is 42.6 Å². The third-order valence-electron chi connectivity index (χ3n) is 3.41. The van der Waals surface area contributed by atoms with Gasteiger partial charge in [0.05, 0.1) is 12.0 Å². The molecule has 0 radical (unpaired) electrons. The van der Waals surface area contributed by atoms with Crippen molar-refractivity contribution in [3.63, 3.8) is 0 Å². The average Bonchev–Trinajstić information content (AvgIpc) is 3.22. The first kappa shape index (κ1) is 16.2. The summed E-state index contributed by atoms with van der Waals surface area (Å²) in [6, 6.07) is 9.72. The maximum absolute atomic E-state index is 12.0. The van der Waals surface area contributed by atoms with Crippen LogP contribution in [0, 0.1) is 6.92 Å². The van der Waals surface area contributed by atoms with E-state index in [4.69, 9.17) is 9.15 Å². The fourth-order valence-electron chi connectivity index (χ4n) is 2.15. The number of amides is 1. The van der Waals surface area contributed by atoms with Crippen molar-refractivity contribution in [1.29, 1.82) is 0 Å². The fraction of sp³-hybridized carbons (Fsp3) is 0.235. The van der Waals surface area contributed by atoms with Gasteiger partial charge in [0.15, 0.2) is 0 Å². The highest BCUT2D eigenvalue weighted by atomic mass is 32.1. The lowest BCUT2D eigenvalue weighted by atomic mass is 10.1. The Balaban J connectivity index is 1.54. The number of nitrogens with zero attached hydrogens (tertiary/aromatic N) is 2. The average molecular weight is 343 g/mol. The molecule has 24 heavy (non-hydrogen) atoms. The Kier molecular flexibility index (Phi) is 4.90. The van der Waals surface area contributed by atoms with Gasteiger partial charge in [0.2, 0.25) is 5.91 Å². The Hall–Kier alpha value is -2.67. The van der Waals surface area contributed by atoms with Crippen LogP contribution < -0.4 is 10.1 Å². The second kappa shape index (κ2) is 7.27. The topological polar surface area (TPSA) is 77.2 Å². The second-order valence-corrected chi connectivity index (χ2v) is 6.21. The van der Waals surface area contributed by atoms with Crippen molar-refractivity contribution in [3.05, 3.63) is 46.8 Å². The first-order chi connectivity index (χ1) is 11.6. The lowest BCUT2D eigenvalue weighted by Gasteiger charge is -2.03. The molecule has 124 valence electrons. The lowest BCUT2D eigenvalue weighted by molar-refractivity contribution is -0.116. The van der Waals surface area contributed by atoms with Gasteiger partial charge in [-0.3, -0.25) is 10.1 Å². The second-order valence-electron chi connectivity index (χ2n) is 5.30. The SMILES string of the molecule is COc1ccc(CCC(=O)Nc2nnc(-c3cc(C)cs3)o2)cc1. The molecule has 1 aromatic carbocycles. The molecule has 1 amide bonds. The Morgan fingerprint density at radius 1 is 1.29 bits per heavy atom. The zero-order chi connectivity index (χ0) is 16.9. The van der Waals surface area contributed by atoms with Crippen molar-refractivity contribution < 1.29 is 13.9 Å². The Morgan fingerprint density at radius 3 is 2.75 bits per heavy atom. The highest BCUT2D eigenvalue weighted by molar-refractivity contribution is 7.13. The van der Waals surface area contributed by atoms with Crippen LogP contribution in [0.15, 0.2) is 40.1 Å². The van der Waals surface area contributed by atoms with Crippen LogP contribution in [0.1, 0.15) is 17.5 Å². The number of carbonyl (C=O) groups is 1. The smallest absolute Gasteiger partial charge is 0.322 e. The van der Waals surface area contributed by atoms with Crippen LogP contribution in [0.2, 0.25) is 0 Å². The van der Waals surface area contributed by atoms with Crippen LogP contribution in [-0.4, -0.2) is 23.2 Å². The summed E-state index contributed by atoms with van der Waals surface area (Å²) >= 11 is 1.53. The minimum Gasteiger partial charge on any atom is -0.497 e. The molecule has 0 spiro atoms. The molecule has 0 fully saturated rings. The largest absolute Gasteiger partial charge is 0.497 e. The minimum atomic E-state index is -0.164. The number of aryl methyl sites for hydroxylation is 2. The molecular formula is C17H17N3O3S. The summed E-state index contributed by atoms with van der Waals surface area (Å²) < 4.78 is 10.6. The molecule has 3 rings (SSSR count). The van der Waals surface area contributed by atoms with E-state index in [1.54, 1.807) is 7.11 Å². The lowest BCUT2D eigenvalue weighted by Crippen LogP contribution is -2.12. The van der Waals surface area contributed by atoms with Crippen LogP contribution in [-0.2, 0) is 11.2 Å². The summed E-state index contributed by atoms with van der Waals surface area (Å²) in [7, 11) is 1.62. The highest BCUT2D eigenvalue weighted by Gasteiger charge is 2.12. The molecule has 2 aromatic heterocycles. The van der Waals surface area contributed by atoms with E-state index >= 15 is 0 Å². The monoisotopic (exact) mass is 343 g/mol. The van der Waals surface area contributed by atoms with Crippen LogP contribution in [0.25, 0.3) is 10.8 Å². The van der Waals surface area contributed by atoms with Gasteiger partial charge in [-0.15, -0.1) is 16.4 Å². The van der Waals surface area contributed by atoms with Gasteiger partial charge in [0.1, 0.15) is 5.75 Å². The van der Waals surface area contributed by atoms with E-state index in [0.29, 0.717) is 18.7 Å². The number of hydrogen-bond donors (Lipinski definition) is 1. The number of thiophene rings is 1. The normalized spacial score (nSPS) is 10.6. The standard InChI is InChI=1S/C17H17N3O3S/c1-11-9-14(24-10-11)16-19-20-17(23-16)18-15(21)8-5-12-3-6-13(22-2)7-4-12/h3-4,6-7,9-10H,5,8H2,1-2H3,(H,18,20,21). The molecule has 0 unspecified atom stereocenters. The van der Waals surface area contributed by atoms with E-state index in [9.17, 15) is 4.79 Å². The Bertz CT molecular complexity index is 824. The molecule has 0 aliphatic heterocycles. The maximum atomic E-state index is 12.0. The van der Waals surface area contributed by atoms with Gasteiger partial charge in [-0.25, -0.2) is 0 Å². The number of rotatable bonds is 6. The Labute approximate surface area is 143 Å². The third-order valence-corrected chi connectivity index (χ3v) is 4.45. The number of nitrogens with one attached hydrogen (secondary N) is 1. The van der Waals surface area contributed by atoms with Gasteiger partial charge in [0, 0.05) is 6.42 Å². The van der Waals surface area contributed by atoms with E-state index in [-0.39, 0.29) is 11.9 Å². The quantitative estimate of drug-likeness (QED) is 0.738. The number of benzene rings is 1. The van der Waals surface area contributed by atoms with E-state index in [0.717, 1.165) is 21.8 Å². The van der Waals surface area contributed by atoms with Crippen molar-refractivity contribution in [1.82, 2.24) is 10.2 Å². The number of methoxy groups -OCH3 is 1. The molecule has 1 N–H and O–H groups in total. The minimum absolute atomic E-state index is 0.121. The summed E-state index contributed by atoms with van der Waals surface area (Å²) in [5.74, 6) is 1.05. The zero-order valence-electron chi connectivity index (χ0n) is 13.4. The molecule has 3 aromatic rings.